The molecule has 1 aliphatic carbocycles. The molecule has 2 aromatic rings. The Bertz CT molecular complexity index is 1250. The van der Waals surface area contributed by atoms with Gasteiger partial charge in [0.15, 0.2) is 0 Å². The zero-order chi connectivity index (χ0) is 27.5. The van der Waals surface area contributed by atoms with Crippen molar-refractivity contribution in [2.24, 2.45) is 22.6 Å². The van der Waals surface area contributed by atoms with E-state index < -0.39 is 0 Å². The van der Waals surface area contributed by atoms with Crippen LogP contribution in [0.15, 0.2) is 53.4 Å². The summed E-state index contributed by atoms with van der Waals surface area (Å²) >= 11 is 0. The van der Waals surface area contributed by atoms with Crippen LogP contribution in [0.25, 0.3) is 11.3 Å². The minimum atomic E-state index is 0.212. The molecule has 3 aliphatic heterocycles. The number of piperidine rings is 2. The Labute approximate surface area is 238 Å². The number of aromatic nitrogens is 2. The Balaban J connectivity index is 1.02. The van der Waals surface area contributed by atoms with Crippen LogP contribution in [-0.2, 0) is 4.74 Å². The molecule has 2 saturated heterocycles. The van der Waals surface area contributed by atoms with Crippen molar-refractivity contribution in [3.8, 4) is 5.75 Å². The maximum Gasteiger partial charge on any atom is 0.124 e. The number of benzene rings is 1. The van der Waals surface area contributed by atoms with Crippen LogP contribution in [0, 0.1) is 11.8 Å². The number of hydrogen-bond donors (Lipinski definition) is 3. The van der Waals surface area contributed by atoms with Gasteiger partial charge >= 0.3 is 0 Å². The van der Waals surface area contributed by atoms with Crippen molar-refractivity contribution in [1.82, 2.24) is 20.0 Å². The number of nitrogens with two attached hydrogens (primary N) is 1. The number of ether oxygens (including phenoxy) is 1. The van der Waals surface area contributed by atoms with Gasteiger partial charge in [0.2, 0.25) is 0 Å². The highest BCUT2D eigenvalue weighted by atomic mass is 16.5. The van der Waals surface area contributed by atoms with Gasteiger partial charge in [-0.3, -0.25) is 9.67 Å². The smallest absolute Gasteiger partial charge is 0.124 e. The first-order valence-electron chi connectivity index (χ1n) is 15.2. The van der Waals surface area contributed by atoms with Crippen molar-refractivity contribution in [2.45, 2.75) is 70.1 Å². The van der Waals surface area contributed by atoms with Crippen LogP contribution in [0.5, 0.6) is 5.75 Å². The first-order chi connectivity index (χ1) is 19.5. The fraction of sp³-hybridized carbons (Fsp3) is 0.562. The molecule has 4 heterocycles. The van der Waals surface area contributed by atoms with E-state index in [9.17, 15) is 5.11 Å². The molecule has 0 spiro atoms. The molecule has 4 aliphatic rings. The molecular formula is C32H44N6O2. The van der Waals surface area contributed by atoms with Crippen LogP contribution in [0.4, 0.5) is 0 Å². The predicted octanol–water partition coefficient (Wildman–Crippen LogP) is 4.59. The third-order valence-electron chi connectivity index (χ3n) is 9.37. The summed E-state index contributed by atoms with van der Waals surface area (Å²) in [5.74, 6) is 1.62. The second kappa shape index (κ2) is 12.3. The molecule has 3 fully saturated rings. The molecule has 8 nitrogen and oxygen atoms in total. The summed E-state index contributed by atoms with van der Waals surface area (Å²) in [6, 6.07) is 7.61. The topological polar surface area (TPSA) is 101 Å². The molecule has 0 bridgehead atoms. The van der Waals surface area contributed by atoms with Gasteiger partial charge in [0.05, 0.1) is 30.1 Å². The summed E-state index contributed by atoms with van der Waals surface area (Å²) in [4.78, 5) is 7.25. The summed E-state index contributed by atoms with van der Waals surface area (Å²) in [6.07, 6.45) is 16.6. The van der Waals surface area contributed by atoms with Gasteiger partial charge in [0.1, 0.15) is 5.75 Å². The number of nitrogens with one attached hydrogen (secondary N) is 1. The normalized spacial score (nSPS) is 25.9. The van der Waals surface area contributed by atoms with E-state index in [1.807, 2.05) is 36.7 Å². The van der Waals surface area contributed by atoms with Gasteiger partial charge in [-0.15, -0.1) is 0 Å². The number of rotatable bonds is 8. The van der Waals surface area contributed by atoms with Crippen LogP contribution in [0.3, 0.4) is 0 Å². The monoisotopic (exact) mass is 544 g/mol. The number of para-hydroxylation sites is 1. The van der Waals surface area contributed by atoms with Crippen molar-refractivity contribution >= 4 is 17.5 Å². The van der Waals surface area contributed by atoms with E-state index in [1.54, 1.807) is 6.07 Å². The maximum absolute atomic E-state index is 10.4. The average molecular weight is 545 g/mol. The van der Waals surface area contributed by atoms with Crippen LogP contribution >= 0.6 is 0 Å². The molecular weight excluding hydrogens is 500 g/mol. The van der Waals surface area contributed by atoms with Gasteiger partial charge in [-0.05, 0) is 102 Å². The Morgan fingerprint density at radius 2 is 1.88 bits per heavy atom. The third kappa shape index (κ3) is 6.19. The summed E-state index contributed by atoms with van der Waals surface area (Å²) in [7, 11) is 0. The van der Waals surface area contributed by atoms with Crippen molar-refractivity contribution < 1.29 is 9.84 Å². The number of allylic oxidation sites excluding steroid dienone is 3. The van der Waals surface area contributed by atoms with Gasteiger partial charge in [-0.2, -0.15) is 5.10 Å². The Hall–Kier alpha value is -2.94. The molecule has 0 radical (unpaired) electrons. The summed E-state index contributed by atoms with van der Waals surface area (Å²) in [5.41, 5.74) is 10.6. The standard InChI is InChI=1S/C32H44N6O2/c1-22(24-9-14-37(15-10-24)20-23-16-27(17-23)40-26-6-11-34-12-7-26)38-21-25(19-36-38)29-18-31(35-13-8-30(29)33)28-4-2-3-5-32(28)39/h2-5,13,18-19,21-24,26-27,34,39H,6-12,14-17,20,33H2,1H3. The van der Waals surface area contributed by atoms with Crippen LogP contribution < -0.4 is 11.1 Å². The Kier molecular flexibility index (Phi) is 8.37. The SMILES string of the molecule is CC(C1CCN(CC2CC(OC3CCNCC3)C2)CC1)n1cc(C2=C(N)CC=NC(c3ccccc3O)=C2)cn1. The molecule has 1 aromatic heterocycles. The van der Waals surface area contributed by atoms with Crippen molar-refractivity contribution in [3.63, 3.8) is 0 Å². The number of phenols is 1. The second-order valence-electron chi connectivity index (χ2n) is 12.1. The fourth-order valence-corrected chi connectivity index (χ4v) is 6.76. The highest BCUT2D eigenvalue weighted by Gasteiger charge is 2.34. The zero-order valence-electron chi connectivity index (χ0n) is 23.7. The summed E-state index contributed by atoms with van der Waals surface area (Å²) < 4.78 is 8.45. The Morgan fingerprint density at radius 3 is 2.65 bits per heavy atom. The van der Waals surface area contributed by atoms with Gasteiger partial charge in [-0.1, -0.05) is 12.1 Å². The van der Waals surface area contributed by atoms with E-state index in [-0.39, 0.29) is 5.75 Å². The van der Waals surface area contributed by atoms with E-state index >= 15 is 0 Å². The third-order valence-corrected chi connectivity index (χ3v) is 9.37. The lowest BCUT2D eigenvalue weighted by Gasteiger charge is -2.42. The van der Waals surface area contributed by atoms with Crippen molar-refractivity contribution in [3.05, 3.63) is 59.6 Å². The lowest BCUT2D eigenvalue weighted by molar-refractivity contribution is -0.0901. The van der Waals surface area contributed by atoms with E-state index in [0.29, 0.717) is 41.8 Å². The molecule has 214 valence electrons. The molecule has 1 saturated carbocycles. The van der Waals surface area contributed by atoms with Gasteiger partial charge in [-0.25, -0.2) is 0 Å². The Morgan fingerprint density at radius 1 is 1.10 bits per heavy atom. The van der Waals surface area contributed by atoms with Crippen molar-refractivity contribution in [1.29, 1.82) is 0 Å². The summed E-state index contributed by atoms with van der Waals surface area (Å²) in [6.45, 7) is 8.06. The van der Waals surface area contributed by atoms with Crippen LogP contribution in [-0.4, -0.2) is 70.9 Å². The van der Waals surface area contributed by atoms with E-state index in [1.165, 1.54) is 58.2 Å². The first kappa shape index (κ1) is 27.2. The lowest BCUT2D eigenvalue weighted by Crippen LogP contribution is -2.45. The lowest BCUT2D eigenvalue weighted by atomic mass is 9.81. The quantitative estimate of drug-likeness (QED) is 0.449. The predicted molar refractivity (Wildman–Crippen MR) is 160 cm³/mol. The molecule has 8 heteroatoms. The highest BCUT2D eigenvalue weighted by molar-refractivity contribution is 5.91. The van der Waals surface area contributed by atoms with E-state index in [2.05, 4.69) is 33.0 Å². The number of aliphatic imine (C=N–C) groups is 1. The van der Waals surface area contributed by atoms with E-state index in [4.69, 9.17) is 15.6 Å². The number of phenolic OH excluding ortho intramolecular Hbond substituents is 1. The zero-order valence-corrected chi connectivity index (χ0v) is 23.7. The first-order valence-corrected chi connectivity index (χ1v) is 15.2. The van der Waals surface area contributed by atoms with Gasteiger partial charge in [0, 0.05) is 47.8 Å². The largest absolute Gasteiger partial charge is 0.507 e. The molecule has 40 heavy (non-hydrogen) atoms. The average Bonchev–Trinajstić information content (AvgIpc) is 3.36. The highest BCUT2D eigenvalue weighted by Crippen LogP contribution is 2.36. The molecule has 4 N–H and O–H groups in total. The molecule has 1 atom stereocenters. The van der Waals surface area contributed by atoms with E-state index in [0.717, 1.165) is 35.8 Å². The van der Waals surface area contributed by atoms with Gasteiger partial charge in [0.25, 0.3) is 0 Å². The van der Waals surface area contributed by atoms with Crippen LogP contribution in [0.2, 0.25) is 0 Å². The van der Waals surface area contributed by atoms with Crippen molar-refractivity contribution in [2.75, 3.05) is 32.7 Å². The fourth-order valence-electron chi connectivity index (χ4n) is 6.76. The molecule has 1 unspecified atom stereocenters. The van der Waals surface area contributed by atoms with Gasteiger partial charge < -0.3 is 25.8 Å². The minimum absolute atomic E-state index is 0.212. The maximum atomic E-state index is 10.4. The molecule has 6 rings (SSSR count). The number of nitrogens with zero attached hydrogens (tertiary/aromatic N) is 4. The number of hydrogen-bond acceptors (Lipinski definition) is 7. The molecule has 1 aromatic carbocycles. The van der Waals surface area contributed by atoms with Crippen LogP contribution in [0.1, 0.15) is 69.0 Å². The minimum Gasteiger partial charge on any atom is -0.507 e. The number of likely N-dealkylation sites (tertiary alicyclic amines) is 1. The number of aromatic hydroxyl groups is 1. The second-order valence-corrected chi connectivity index (χ2v) is 12.1. The molecule has 0 amide bonds. The summed E-state index contributed by atoms with van der Waals surface area (Å²) in [5, 5.41) is 18.6.